The number of nitrogens with zero attached hydrogens (tertiary/aromatic N) is 1. The minimum Gasteiger partial charge on any atom is -0.494 e. The summed E-state index contributed by atoms with van der Waals surface area (Å²) in [5, 5.41) is 3.52. The van der Waals surface area contributed by atoms with Gasteiger partial charge in [-0.15, -0.1) is 0 Å². The Morgan fingerprint density at radius 3 is 2.86 bits per heavy atom. The summed E-state index contributed by atoms with van der Waals surface area (Å²) in [6, 6.07) is 11.8. The van der Waals surface area contributed by atoms with Gasteiger partial charge in [-0.2, -0.15) is 0 Å². The molecule has 0 fully saturated rings. The lowest BCUT2D eigenvalue weighted by molar-refractivity contribution is 0.386. The average molecular weight is 299 g/mol. The molecule has 0 radical (unpaired) electrons. The first-order valence-electron chi connectivity index (χ1n) is 6.73. The smallest absolute Gasteiger partial charge is 0.260 e. The van der Waals surface area contributed by atoms with Crippen molar-refractivity contribution in [2.45, 2.75) is 6.54 Å². The lowest BCUT2D eigenvalue weighted by atomic mass is 10.2. The molecule has 2 N–H and O–H groups in total. The number of anilines is 1. The van der Waals surface area contributed by atoms with Gasteiger partial charge < -0.3 is 10.1 Å². The van der Waals surface area contributed by atoms with E-state index in [1.54, 1.807) is 30.3 Å². The third kappa shape index (κ3) is 2.76. The van der Waals surface area contributed by atoms with Crippen molar-refractivity contribution in [1.29, 1.82) is 0 Å². The molecule has 5 nitrogen and oxygen atoms in total. The highest BCUT2D eigenvalue weighted by Crippen LogP contribution is 2.18. The summed E-state index contributed by atoms with van der Waals surface area (Å²) in [5.74, 6) is 0.114. The number of para-hydroxylation sites is 1. The van der Waals surface area contributed by atoms with Crippen LogP contribution in [0.4, 0.5) is 10.3 Å². The topological polar surface area (TPSA) is 67.0 Å². The van der Waals surface area contributed by atoms with Crippen molar-refractivity contribution in [1.82, 2.24) is 9.97 Å². The number of nitrogens with one attached hydrogen (secondary N) is 2. The molecule has 2 aromatic carbocycles. The second kappa shape index (κ2) is 5.85. The van der Waals surface area contributed by atoms with Crippen LogP contribution in [-0.2, 0) is 6.54 Å². The highest BCUT2D eigenvalue weighted by molar-refractivity contribution is 5.78. The Bertz CT molecular complexity index is 877. The summed E-state index contributed by atoms with van der Waals surface area (Å²) in [6.07, 6.45) is 0. The number of halogens is 1. The van der Waals surface area contributed by atoms with Crippen LogP contribution in [0.3, 0.4) is 0 Å². The number of hydrogen-bond donors (Lipinski definition) is 2. The molecule has 0 atom stereocenters. The number of methoxy groups -OCH3 is 1. The van der Waals surface area contributed by atoms with Crippen molar-refractivity contribution in [3.05, 3.63) is 64.2 Å². The molecule has 0 unspecified atom stereocenters. The third-order valence-corrected chi connectivity index (χ3v) is 3.29. The molecular weight excluding hydrogens is 285 g/mol. The van der Waals surface area contributed by atoms with E-state index in [0.29, 0.717) is 29.0 Å². The molecule has 0 saturated heterocycles. The van der Waals surface area contributed by atoms with E-state index < -0.39 is 5.82 Å². The van der Waals surface area contributed by atoms with Gasteiger partial charge in [0.05, 0.1) is 18.0 Å². The molecule has 3 rings (SSSR count). The van der Waals surface area contributed by atoms with E-state index in [1.807, 2.05) is 6.07 Å². The SMILES string of the molecule is COc1ccc(CNc2nc3ccccc3c(=O)[nH]2)cc1F. The number of hydrogen-bond acceptors (Lipinski definition) is 4. The number of aromatic nitrogens is 2. The van der Waals surface area contributed by atoms with Crippen LogP contribution in [0.5, 0.6) is 5.75 Å². The zero-order chi connectivity index (χ0) is 15.5. The highest BCUT2D eigenvalue weighted by Gasteiger charge is 2.05. The Morgan fingerprint density at radius 1 is 1.27 bits per heavy atom. The number of rotatable bonds is 4. The summed E-state index contributed by atoms with van der Waals surface area (Å²) < 4.78 is 18.5. The van der Waals surface area contributed by atoms with Crippen molar-refractivity contribution in [3.63, 3.8) is 0 Å². The first kappa shape index (κ1) is 14.1. The van der Waals surface area contributed by atoms with E-state index in [0.717, 1.165) is 0 Å². The van der Waals surface area contributed by atoms with Gasteiger partial charge in [-0.05, 0) is 29.8 Å². The largest absolute Gasteiger partial charge is 0.494 e. The number of aromatic amines is 1. The van der Waals surface area contributed by atoms with E-state index in [2.05, 4.69) is 15.3 Å². The predicted molar refractivity (Wildman–Crippen MR) is 82.6 cm³/mol. The Kier molecular flexibility index (Phi) is 3.74. The van der Waals surface area contributed by atoms with Gasteiger partial charge in [0.2, 0.25) is 5.95 Å². The van der Waals surface area contributed by atoms with E-state index in [-0.39, 0.29) is 11.3 Å². The third-order valence-electron chi connectivity index (χ3n) is 3.29. The van der Waals surface area contributed by atoms with E-state index in [9.17, 15) is 9.18 Å². The zero-order valence-electron chi connectivity index (χ0n) is 11.9. The van der Waals surface area contributed by atoms with Crippen LogP contribution in [0.2, 0.25) is 0 Å². The summed E-state index contributed by atoms with van der Waals surface area (Å²) in [4.78, 5) is 18.9. The van der Waals surface area contributed by atoms with Crippen LogP contribution >= 0.6 is 0 Å². The van der Waals surface area contributed by atoms with Crippen molar-refractivity contribution in [2.75, 3.05) is 12.4 Å². The van der Waals surface area contributed by atoms with E-state index >= 15 is 0 Å². The average Bonchev–Trinajstić information content (AvgIpc) is 2.53. The monoisotopic (exact) mass is 299 g/mol. The molecule has 0 spiro atoms. The normalized spacial score (nSPS) is 10.6. The summed E-state index contributed by atoms with van der Waals surface area (Å²) in [7, 11) is 1.42. The maximum atomic E-state index is 13.6. The number of ether oxygens (including phenoxy) is 1. The lowest BCUT2D eigenvalue weighted by Gasteiger charge is -2.08. The molecule has 0 aliphatic carbocycles. The molecule has 3 aromatic rings. The molecule has 0 amide bonds. The van der Waals surface area contributed by atoms with Crippen LogP contribution in [0.1, 0.15) is 5.56 Å². The van der Waals surface area contributed by atoms with Gasteiger partial charge in [-0.25, -0.2) is 9.37 Å². The first-order chi connectivity index (χ1) is 10.7. The van der Waals surface area contributed by atoms with E-state index in [1.165, 1.54) is 13.2 Å². The van der Waals surface area contributed by atoms with Crippen molar-refractivity contribution >= 4 is 16.9 Å². The van der Waals surface area contributed by atoms with Crippen LogP contribution in [0, 0.1) is 5.82 Å². The quantitative estimate of drug-likeness (QED) is 0.777. The second-order valence-electron chi connectivity index (χ2n) is 4.75. The highest BCUT2D eigenvalue weighted by atomic mass is 19.1. The fourth-order valence-corrected chi connectivity index (χ4v) is 2.18. The Hall–Kier alpha value is -2.89. The Labute approximate surface area is 125 Å². The minimum absolute atomic E-state index is 0.195. The van der Waals surface area contributed by atoms with Crippen molar-refractivity contribution in [3.8, 4) is 5.75 Å². The molecule has 0 saturated carbocycles. The molecule has 1 heterocycles. The number of benzene rings is 2. The number of H-pyrrole nitrogens is 1. The van der Waals surface area contributed by atoms with Crippen LogP contribution in [0.15, 0.2) is 47.3 Å². The molecule has 112 valence electrons. The molecule has 6 heteroatoms. The number of fused-ring (bicyclic) bond motifs is 1. The molecule has 0 bridgehead atoms. The minimum atomic E-state index is -0.429. The summed E-state index contributed by atoms with van der Waals surface area (Å²) >= 11 is 0. The Morgan fingerprint density at radius 2 is 2.09 bits per heavy atom. The maximum absolute atomic E-state index is 13.6. The van der Waals surface area contributed by atoms with Crippen molar-refractivity contribution in [2.24, 2.45) is 0 Å². The van der Waals surface area contributed by atoms with Crippen LogP contribution < -0.4 is 15.6 Å². The van der Waals surface area contributed by atoms with Gasteiger partial charge >= 0.3 is 0 Å². The standard InChI is InChI=1S/C16H14FN3O2/c1-22-14-7-6-10(8-12(14)17)9-18-16-19-13-5-3-2-4-11(13)15(21)20-16/h2-8H,9H2,1H3,(H2,18,19,20,21). The molecule has 0 aliphatic rings. The van der Waals surface area contributed by atoms with Crippen LogP contribution in [-0.4, -0.2) is 17.1 Å². The molecule has 1 aromatic heterocycles. The lowest BCUT2D eigenvalue weighted by Crippen LogP contribution is -2.13. The maximum Gasteiger partial charge on any atom is 0.260 e. The fourth-order valence-electron chi connectivity index (χ4n) is 2.18. The second-order valence-corrected chi connectivity index (χ2v) is 4.75. The molecule has 0 aliphatic heterocycles. The van der Waals surface area contributed by atoms with Crippen molar-refractivity contribution < 1.29 is 9.13 Å². The first-order valence-corrected chi connectivity index (χ1v) is 6.73. The fraction of sp³-hybridized carbons (Fsp3) is 0.125. The van der Waals surface area contributed by atoms with Gasteiger partial charge in [0.25, 0.3) is 5.56 Å². The summed E-state index contributed by atoms with van der Waals surface area (Å²) in [5.41, 5.74) is 1.11. The predicted octanol–water partition coefficient (Wildman–Crippen LogP) is 2.68. The molecular formula is C16H14FN3O2. The Balaban J connectivity index is 1.82. The van der Waals surface area contributed by atoms with Gasteiger partial charge in [0.1, 0.15) is 0 Å². The van der Waals surface area contributed by atoms with E-state index in [4.69, 9.17) is 4.74 Å². The van der Waals surface area contributed by atoms with Gasteiger partial charge in [-0.3, -0.25) is 9.78 Å². The zero-order valence-corrected chi connectivity index (χ0v) is 11.9. The van der Waals surface area contributed by atoms with Gasteiger partial charge in [0, 0.05) is 6.54 Å². The van der Waals surface area contributed by atoms with Gasteiger partial charge in [-0.1, -0.05) is 18.2 Å². The summed E-state index contributed by atoms with van der Waals surface area (Å²) in [6.45, 7) is 0.336. The van der Waals surface area contributed by atoms with Gasteiger partial charge in [0.15, 0.2) is 11.6 Å². The van der Waals surface area contributed by atoms with Crippen LogP contribution in [0.25, 0.3) is 10.9 Å². The molecule has 22 heavy (non-hydrogen) atoms.